The normalized spacial score (nSPS) is 15.9. The number of ketones is 1. The zero-order valence-electron chi connectivity index (χ0n) is 16.4. The van der Waals surface area contributed by atoms with Crippen molar-refractivity contribution in [2.24, 2.45) is 5.41 Å². The van der Waals surface area contributed by atoms with E-state index in [1.54, 1.807) is 12.1 Å². The van der Waals surface area contributed by atoms with Crippen molar-refractivity contribution in [3.05, 3.63) is 63.1 Å². The number of aromatic amines is 1. The summed E-state index contributed by atoms with van der Waals surface area (Å²) in [4.78, 5) is 51.8. The second kappa shape index (κ2) is 7.54. The van der Waals surface area contributed by atoms with Crippen LogP contribution in [0.1, 0.15) is 58.3 Å². The maximum absolute atomic E-state index is 12.7. The van der Waals surface area contributed by atoms with E-state index in [1.165, 1.54) is 25.3 Å². The minimum absolute atomic E-state index is 0.161. The standard InChI is InChI=1S/C21H22N2O6/c1-21(2)9-15-13(16(24)10-21)8-14(18(25)22-15)19(26)23-17(20(27)28)11-4-6-12(29-3)7-5-11/h4-8,17H,9-10H2,1-3H3,(H,22,25)(H,23,26)(H,27,28). The van der Waals surface area contributed by atoms with E-state index < -0.39 is 23.5 Å². The van der Waals surface area contributed by atoms with Gasteiger partial charge in [-0.05, 0) is 35.6 Å². The predicted molar refractivity (Wildman–Crippen MR) is 104 cm³/mol. The van der Waals surface area contributed by atoms with E-state index >= 15 is 0 Å². The van der Waals surface area contributed by atoms with E-state index in [4.69, 9.17) is 4.74 Å². The van der Waals surface area contributed by atoms with Gasteiger partial charge >= 0.3 is 5.97 Å². The van der Waals surface area contributed by atoms with E-state index in [0.29, 0.717) is 35.4 Å². The van der Waals surface area contributed by atoms with Crippen molar-refractivity contribution in [3.63, 3.8) is 0 Å². The number of fused-ring (bicyclic) bond motifs is 1. The number of benzene rings is 1. The van der Waals surface area contributed by atoms with Crippen LogP contribution in [0, 0.1) is 5.41 Å². The number of carboxylic acids is 1. The molecule has 8 nitrogen and oxygen atoms in total. The SMILES string of the molecule is COc1ccc(C(NC(=O)c2cc3c([nH]c2=O)CC(C)(C)CC3=O)C(=O)O)cc1. The molecular weight excluding hydrogens is 376 g/mol. The summed E-state index contributed by atoms with van der Waals surface area (Å²) in [6.45, 7) is 3.86. The number of methoxy groups -OCH3 is 1. The molecule has 1 heterocycles. The van der Waals surface area contributed by atoms with Gasteiger partial charge in [-0.3, -0.25) is 14.4 Å². The summed E-state index contributed by atoms with van der Waals surface area (Å²) in [5.74, 6) is -1.77. The number of aliphatic carboxylic acids is 1. The van der Waals surface area contributed by atoms with Crippen LogP contribution in [-0.2, 0) is 11.2 Å². The Hall–Kier alpha value is -3.42. The molecule has 0 radical (unpaired) electrons. The fourth-order valence-corrected chi connectivity index (χ4v) is 3.49. The van der Waals surface area contributed by atoms with Gasteiger partial charge in [-0.15, -0.1) is 0 Å². The number of pyridine rings is 1. The van der Waals surface area contributed by atoms with Crippen molar-refractivity contribution in [1.29, 1.82) is 0 Å². The van der Waals surface area contributed by atoms with Crippen molar-refractivity contribution >= 4 is 17.7 Å². The average Bonchev–Trinajstić information content (AvgIpc) is 2.64. The number of carboxylic acid groups (broad SMARTS) is 1. The summed E-state index contributed by atoms with van der Waals surface area (Å²) in [5, 5.41) is 11.9. The molecule has 1 unspecified atom stereocenters. The number of aromatic nitrogens is 1. The lowest BCUT2D eigenvalue weighted by atomic mass is 9.75. The smallest absolute Gasteiger partial charge is 0.330 e. The van der Waals surface area contributed by atoms with Crippen LogP contribution in [0.4, 0.5) is 0 Å². The van der Waals surface area contributed by atoms with Crippen molar-refractivity contribution in [3.8, 4) is 5.75 Å². The summed E-state index contributed by atoms with van der Waals surface area (Å²) in [6, 6.07) is 6.07. The van der Waals surface area contributed by atoms with Crippen LogP contribution in [0.2, 0.25) is 0 Å². The highest BCUT2D eigenvalue weighted by atomic mass is 16.5. The van der Waals surface area contributed by atoms with Gasteiger partial charge in [-0.1, -0.05) is 26.0 Å². The van der Waals surface area contributed by atoms with Crippen LogP contribution in [-0.4, -0.2) is 34.9 Å². The van der Waals surface area contributed by atoms with Gasteiger partial charge in [0.15, 0.2) is 11.8 Å². The third-order valence-electron chi connectivity index (χ3n) is 4.93. The molecule has 152 valence electrons. The Balaban J connectivity index is 1.91. The zero-order chi connectivity index (χ0) is 21.3. The second-order valence-electron chi connectivity index (χ2n) is 7.86. The summed E-state index contributed by atoms with van der Waals surface area (Å²) in [6.07, 6.45) is 0.811. The molecule has 0 spiro atoms. The Morgan fingerprint density at radius 3 is 2.41 bits per heavy atom. The van der Waals surface area contributed by atoms with Gasteiger partial charge in [-0.2, -0.15) is 0 Å². The lowest BCUT2D eigenvalue weighted by Crippen LogP contribution is -2.38. The molecule has 8 heteroatoms. The topological polar surface area (TPSA) is 126 Å². The fourth-order valence-electron chi connectivity index (χ4n) is 3.49. The third kappa shape index (κ3) is 4.21. The zero-order valence-corrected chi connectivity index (χ0v) is 16.4. The van der Waals surface area contributed by atoms with Gasteiger partial charge in [-0.25, -0.2) is 4.79 Å². The predicted octanol–water partition coefficient (Wildman–Crippen LogP) is 2.09. The molecule has 1 aliphatic carbocycles. The first-order chi connectivity index (χ1) is 13.6. The molecule has 0 saturated heterocycles. The highest BCUT2D eigenvalue weighted by Gasteiger charge is 2.33. The Bertz CT molecular complexity index is 1040. The maximum atomic E-state index is 12.7. The number of carbonyl (C=O) groups is 3. The van der Waals surface area contributed by atoms with Crippen LogP contribution in [0.25, 0.3) is 0 Å². The van der Waals surface area contributed by atoms with Crippen LogP contribution in [0.5, 0.6) is 5.75 Å². The summed E-state index contributed by atoms with van der Waals surface area (Å²) < 4.78 is 5.04. The summed E-state index contributed by atoms with van der Waals surface area (Å²) in [7, 11) is 1.48. The van der Waals surface area contributed by atoms with Crippen molar-refractivity contribution in [2.75, 3.05) is 7.11 Å². The molecule has 0 fully saturated rings. The minimum atomic E-state index is -1.36. The molecule has 0 bridgehead atoms. The molecule has 3 rings (SSSR count). The van der Waals surface area contributed by atoms with Gasteiger partial charge in [0.2, 0.25) is 0 Å². The fraction of sp³-hybridized carbons (Fsp3) is 0.333. The van der Waals surface area contributed by atoms with Crippen molar-refractivity contribution in [2.45, 2.75) is 32.7 Å². The Kier molecular flexibility index (Phi) is 5.28. The molecule has 1 aromatic heterocycles. The third-order valence-corrected chi connectivity index (χ3v) is 4.93. The largest absolute Gasteiger partial charge is 0.497 e. The van der Waals surface area contributed by atoms with Gasteiger partial charge in [0.1, 0.15) is 11.3 Å². The number of amides is 1. The molecule has 1 aromatic carbocycles. The number of carbonyl (C=O) groups excluding carboxylic acids is 2. The summed E-state index contributed by atoms with van der Waals surface area (Å²) in [5.41, 5.74) is -0.122. The van der Waals surface area contributed by atoms with E-state index in [2.05, 4.69) is 10.3 Å². The highest BCUT2D eigenvalue weighted by Crippen LogP contribution is 2.33. The first-order valence-corrected chi connectivity index (χ1v) is 9.08. The van der Waals surface area contributed by atoms with E-state index in [-0.39, 0.29) is 16.8 Å². The minimum Gasteiger partial charge on any atom is -0.497 e. The second-order valence-corrected chi connectivity index (χ2v) is 7.86. The number of Topliss-reactive ketones (excluding diaryl/α,β-unsaturated/α-hetero) is 1. The molecule has 0 aliphatic heterocycles. The van der Waals surface area contributed by atoms with Gasteiger partial charge in [0.05, 0.1) is 7.11 Å². The number of hydrogen-bond donors (Lipinski definition) is 3. The van der Waals surface area contributed by atoms with Crippen molar-refractivity contribution in [1.82, 2.24) is 10.3 Å². The number of H-pyrrole nitrogens is 1. The monoisotopic (exact) mass is 398 g/mol. The molecule has 29 heavy (non-hydrogen) atoms. The molecule has 0 saturated carbocycles. The van der Waals surface area contributed by atoms with E-state index in [9.17, 15) is 24.3 Å². The Labute approximate surface area is 166 Å². The molecule has 1 amide bonds. The van der Waals surface area contributed by atoms with Crippen LogP contribution in [0.3, 0.4) is 0 Å². The Morgan fingerprint density at radius 1 is 1.17 bits per heavy atom. The van der Waals surface area contributed by atoms with Gasteiger partial charge < -0.3 is 20.1 Å². The molecule has 2 aromatic rings. The lowest BCUT2D eigenvalue weighted by molar-refractivity contribution is -0.139. The lowest BCUT2D eigenvalue weighted by Gasteiger charge is -2.29. The quantitative estimate of drug-likeness (QED) is 0.708. The van der Waals surface area contributed by atoms with E-state index in [0.717, 1.165) is 0 Å². The average molecular weight is 398 g/mol. The van der Waals surface area contributed by atoms with Crippen LogP contribution >= 0.6 is 0 Å². The van der Waals surface area contributed by atoms with Gasteiger partial charge in [0.25, 0.3) is 11.5 Å². The van der Waals surface area contributed by atoms with Crippen LogP contribution in [0.15, 0.2) is 35.1 Å². The number of rotatable bonds is 5. The van der Waals surface area contributed by atoms with E-state index in [1.807, 2.05) is 13.8 Å². The molecule has 1 atom stereocenters. The summed E-state index contributed by atoms with van der Waals surface area (Å²) >= 11 is 0. The number of nitrogens with one attached hydrogen (secondary N) is 2. The van der Waals surface area contributed by atoms with Crippen LogP contribution < -0.4 is 15.6 Å². The van der Waals surface area contributed by atoms with Crippen molar-refractivity contribution < 1.29 is 24.2 Å². The first-order valence-electron chi connectivity index (χ1n) is 9.08. The Morgan fingerprint density at radius 2 is 1.83 bits per heavy atom. The molecule has 1 aliphatic rings. The number of ether oxygens (including phenoxy) is 1. The van der Waals surface area contributed by atoms with Gasteiger partial charge in [0, 0.05) is 17.7 Å². The number of hydrogen-bond acceptors (Lipinski definition) is 5. The highest BCUT2D eigenvalue weighted by molar-refractivity contribution is 6.02. The maximum Gasteiger partial charge on any atom is 0.330 e. The first kappa shape index (κ1) is 20.3. The molecule has 3 N–H and O–H groups in total. The molecular formula is C21H22N2O6.